The number of fused-ring (bicyclic) bond motifs is 1. The van der Waals surface area contributed by atoms with Crippen molar-refractivity contribution in [3.8, 4) is 5.75 Å². The summed E-state index contributed by atoms with van der Waals surface area (Å²) in [6, 6.07) is 27.0. The maximum absolute atomic E-state index is 5.88. The number of benzene rings is 3. The van der Waals surface area contributed by atoms with Crippen molar-refractivity contribution in [3.05, 3.63) is 90.0 Å². The summed E-state index contributed by atoms with van der Waals surface area (Å²) in [5.41, 5.74) is 3.96. The van der Waals surface area contributed by atoms with E-state index in [4.69, 9.17) is 9.15 Å². The molecular weight excluding hydrogens is 324 g/mol. The lowest BCUT2D eigenvalue weighted by Crippen LogP contribution is -2.13. The van der Waals surface area contributed by atoms with Gasteiger partial charge in [0.15, 0.2) is 5.58 Å². The number of oxazole rings is 1. The number of rotatable bonds is 6. The van der Waals surface area contributed by atoms with E-state index < -0.39 is 0 Å². The average Bonchev–Trinajstić information content (AvgIpc) is 3.10. The zero-order valence-electron chi connectivity index (χ0n) is 14.6. The molecule has 0 bridgehead atoms. The third kappa shape index (κ3) is 3.54. The van der Waals surface area contributed by atoms with E-state index in [1.165, 1.54) is 11.1 Å². The summed E-state index contributed by atoms with van der Waals surface area (Å²) in [7, 11) is 1.64. The standard InChI is InChI=1S/C22H20N2O2/c1-25-18-12-13-21-20(15-18)24-22(26-21)23-19(17-10-6-3-7-11-17)14-16-8-4-2-5-9-16/h2-13,15,19H,14H2,1H3,(H,23,24). The van der Waals surface area contributed by atoms with Gasteiger partial charge in [0.1, 0.15) is 11.3 Å². The van der Waals surface area contributed by atoms with Crippen molar-refractivity contribution in [2.24, 2.45) is 0 Å². The Morgan fingerprint density at radius 1 is 0.962 bits per heavy atom. The van der Waals surface area contributed by atoms with Gasteiger partial charge in [-0.15, -0.1) is 0 Å². The maximum atomic E-state index is 5.88. The van der Waals surface area contributed by atoms with Crippen LogP contribution in [-0.2, 0) is 6.42 Å². The van der Waals surface area contributed by atoms with Gasteiger partial charge in [-0.05, 0) is 29.7 Å². The van der Waals surface area contributed by atoms with E-state index in [-0.39, 0.29) is 6.04 Å². The zero-order chi connectivity index (χ0) is 17.8. The van der Waals surface area contributed by atoms with Crippen molar-refractivity contribution in [1.82, 2.24) is 4.98 Å². The Labute approximate surface area is 152 Å². The Hall–Kier alpha value is -3.27. The molecule has 0 saturated carbocycles. The first-order chi connectivity index (χ1) is 12.8. The highest BCUT2D eigenvalue weighted by Gasteiger charge is 2.16. The topological polar surface area (TPSA) is 47.3 Å². The summed E-state index contributed by atoms with van der Waals surface area (Å²) in [6.07, 6.45) is 0.840. The Balaban J connectivity index is 1.64. The molecule has 0 saturated heterocycles. The summed E-state index contributed by atoms with van der Waals surface area (Å²) in [6.45, 7) is 0. The number of hydrogen-bond acceptors (Lipinski definition) is 4. The van der Waals surface area contributed by atoms with Crippen LogP contribution in [0.3, 0.4) is 0 Å². The Kier molecular flexibility index (Phi) is 4.56. The van der Waals surface area contributed by atoms with Crippen LogP contribution in [0, 0.1) is 0 Å². The number of methoxy groups -OCH3 is 1. The fourth-order valence-corrected chi connectivity index (χ4v) is 3.03. The van der Waals surface area contributed by atoms with Gasteiger partial charge in [-0.2, -0.15) is 4.98 Å². The summed E-state index contributed by atoms with van der Waals surface area (Å²) in [5.74, 6) is 0.765. The van der Waals surface area contributed by atoms with Gasteiger partial charge in [0.2, 0.25) is 0 Å². The first-order valence-electron chi connectivity index (χ1n) is 8.62. The summed E-state index contributed by atoms with van der Waals surface area (Å²) < 4.78 is 11.1. The van der Waals surface area contributed by atoms with Gasteiger partial charge in [-0.3, -0.25) is 0 Å². The highest BCUT2D eigenvalue weighted by atomic mass is 16.5. The first-order valence-corrected chi connectivity index (χ1v) is 8.62. The van der Waals surface area contributed by atoms with Gasteiger partial charge >= 0.3 is 0 Å². The zero-order valence-corrected chi connectivity index (χ0v) is 14.6. The minimum atomic E-state index is 0.0635. The van der Waals surface area contributed by atoms with Crippen LogP contribution in [0.2, 0.25) is 0 Å². The monoisotopic (exact) mass is 344 g/mol. The predicted molar refractivity (Wildman–Crippen MR) is 104 cm³/mol. The Morgan fingerprint density at radius 3 is 2.42 bits per heavy atom. The van der Waals surface area contributed by atoms with E-state index in [2.05, 4.69) is 46.7 Å². The van der Waals surface area contributed by atoms with Crippen molar-refractivity contribution in [2.45, 2.75) is 12.5 Å². The molecule has 0 aliphatic rings. The first kappa shape index (κ1) is 16.2. The predicted octanol–water partition coefficient (Wildman–Crippen LogP) is 5.23. The minimum Gasteiger partial charge on any atom is -0.497 e. The molecule has 4 aromatic rings. The van der Waals surface area contributed by atoms with Crippen molar-refractivity contribution >= 4 is 17.1 Å². The molecule has 26 heavy (non-hydrogen) atoms. The van der Waals surface area contributed by atoms with Gasteiger partial charge in [-0.25, -0.2) is 0 Å². The molecule has 0 radical (unpaired) electrons. The Morgan fingerprint density at radius 2 is 1.69 bits per heavy atom. The van der Waals surface area contributed by atoms with E-state index in [9.17, 15) is 0 Å². The van der Waals surface area contributed by atoms with Gasteiger partial charge < -0.3 is 14.5 Å². The second kappa shape index (κ2) is 7.31. The largest absolute Gasteiger partial charge is 0.497 e. The number of ether oxygens (including phenoxy) is 1. The second-order valence-corrected chi connectivity index (χ2v) is 6.15. The van der Waals surface area contributed by atoms with Crippen molar-refractivity contribution < 1.29 is 9.15 Å². The van der Waals surface area contributed by atoms with Crippen molar-refractivity contribution in [2.75, 3.05) is 12.4 Å². The SMILES string of the molecule is COc1ccc2oc(NC(Cc3ccccc3)c3ccccc3)nc2c1. The molecular formula is C22H20N2O2. The average molecular weight is 344 g/mol. The molecule has 0 fully saturated rings. The quantitative estimate of drug-likeness (QED) is 0.520. The minimum absolute atomic E-state index is 0.0635. The number of anilines is 1. The van der Waals surface area contributed by atoms with E-state index in [0.717, 1.165) is 23.3 Å². The molecule has 3 aromatic carbocycles. The van der Waals surface area contributed by atoms with E-state index >= 15 is 0 Å². The van der Waals surface area contributed by atoms with Crippen LogP contribution in [-0.4, -0.2) is 12.1 Å². The summed E-state index contributed by atoms with van der Waals surface area (Å²) >= 11 is 0. The molecule has 1 aromatic heterocycles. The van der Waals surface area contributed by atoms with E-state index in [1.807, 2.05) is 42.5 Å². The van der Waals surface area contributed by atoms with Crippen LogP contribution in [0.4, 0.5) is 6.01 Å². The second-order valence-electron chi connectivity index (χ2n) is 6.15. The van der Waals surface area contributed by atoms with Crippen LogP contribution < -0.4 is 10.1 Å². The molecule has 1 unspecified atom stereocenters. The smallest absolute Gasteiger partial charge is 0.296 e. The van der Waals surface area contributed by atoms with Gasteiger partial charge in [0.25, 0.3) is 6.01 Å². The van der Waals surface area contributed by atoms with E-state index in [1.54, 1.807) is 7.11 Å². The normalized spacial score (nSPS) is 12.0. The maximum Gasteiger partial charge on any atom is 0.296 e. The van der Waals surface area contributed by atoms with E-state index in [0.29, 0.717) is 6.01 Å². The molecule has 1 heterocycles. The van der Waals surface area contributed by atoms with Gasteiger partial charge in [0, 0.05) is 6.07 Å². The third-order valence-corrected chi connectivity index (χ3v) is 4.38. The fourth-order valence-electron chi connectivity index (χ4n) is 3.03. The van der Waals surface area contributed by atoms with Gasteiger partial charge in [-0.1, -0.05) is 60.7 Å². The highest BCUT2D eigenvalue weighted by molar-refractivity contribution is 5.76. The van der Waals surface area contributed by atoms with Crippen LogP contribution in [0.5, 0.6) is 5.75 Å². The highest BCUT2D eigenvalue weighted by Crippen LogP contribution is 2.27. The van der Waals surface area contributed by atoms with Crippen LogP contribution >= 0.6 is 0 Å². The van der Waals surface area contributed by atoms with Crippen LogP contribution in [0.15, 0.2) is 83.3 Å². The molecule has 0 aliphatic heterocycles. The number of aromatic nitrogens is 1. The van der Waals surface area contributed by atoms with Crippen molar-refractivity contribution in [3.63, 3.8) is 0 Å². The van der Waals surface area contributed by atoms with Crippen molar-refractivity contribution in [1.29, 1.82) is 0 Å². The molecule has 0 amide bonds. The number of hydrogen-bond donors (Lipinski definition) is 1. The number of nitrogens with one attached hydrogen (secondary N) is 1. The van der Waals surface area contributed by atoms with Crippen LogP contribution in [0.1, 0.15) is 17.2 Å². The molecule has 130 valence electrons. The van der Waals surface area contributed by atoms with Gasteiger partial charge in [0.05, 0.1) is 13.2 Å². The lowest BCUT2D eigenvalue weighted by Gasteiger charge is -2.18. The number of nitrogens with zero attached hydrogens (tertiary/aromatic N) is 1. The lowest BCUT2D eigenvalue weighted by atomic mass is 9.99. The Bertz CT molecular complexity index is 981. The lowest BCUT2D eigenvalue weighted by molar-refractivity contribution is 0.415. The fraction of sp³-hybridized carbons (Fsp3) is 0.136. The molecule has 4 heteroatoms. The third-order valence-electron chi connectivity index (χ3n) is 4.38. The molecule has 1 atom stereocenters. The molecule has 4 rings (SSSR count). The van der Waals surface area contributed by atoms with Crippen LogP contribution in [0.25, 0.3) is 11.1 Å². The molecule has 0 aliphatic carbocycles. The summed E-state index contributed by atoms with van der Waals surface area (Å²) in [5, 5.41) is 3.45. The molecule has 1 N–H and O–H groups in total. The molecule has 0 spiro atoms. The molecule has 4 nitrogen and oxygen atoms in total. The summed E-state index contributed by atoms with van der Waals surface area (Å²) in [4.78, 5) is 4.57.